The molecule has 0 bridgehead atoms. The molecule has 0 aliphatic rings. The first-order chi connectivity index (χ1) is 9.07. The molecule has 1 heterocycles. The maximum absolute atomic E-state index is 12.8. The molecule has 3 rings (SSSR count). The quantitative estimate of drug-likeness (QED) is 0.716. The standard InChI is InChI=1S/C12H8FN3O2S/c13-9-5-7-10(8-6-9)19(17,18)16-14-11-3-1-2-4-12(11)15-16/h1-8H. The Morgan fingerprint density at radius 3 is 1.95 bits per heavy atom. The number of hydrogen-bond acceptors (Lipinski definition) is 4. The number of aromatic nitrogens is 3. The van der Waals surface area contributed by atoms with Crippen molar-refractivity contribution in [3.05, 3.63) is 54.3 Å². The normalized spacial score (nSPS) is 11.8. The molecule has 19 heavy (non-hydrogen) atoms. The predicted molar refractivity (Wildman–Crippen MR) is 66.5 cm³/mol. The Balaban J connectivity index is 2.16. The van der Waals surface area contributed by atoms with E-state index in [1.165, 1.54) is 12.1 Å². The van der Waals surface area contributed by atoms with Crippen molar-refractivity contribution >= 4 is 21.1 Å². The number of benzene rings is 2. The van der Waals surface area contributed by atoms with Gasteiger partial charge in [-0.3, -0.25) is 0 Å². The van der Waals surface area contributed by atoms with Crippen molar-refractivity contribution in [3.63, 3.8) is 0 Å². The first kappa shape index (κ1) is 11.8. The number of halogens is 1. The lowest BCUT2D eigenvalue weighted by Gasteiger charge is -2.01. The van der Waals surface area contributed by atoms with Crippen LogP contribution in [0.2, 0.25) is 0 Å². The van der Waals surface area contributed by atoms with Crippen molar-refractivity contribution < 1.29 is 12.8 Å². The third kappa shape index (κ3) is 1.97. The average molecular weight is 277 g/mol. The van der Waals surface area contributed by atoms with E-state index >= 15 is 0 Å². The van der Waals surface area contributed by atoms with E-state index in [0.717, 1.165) is 12.1 Å². The van der Waals surface area contributed by atoms with Gasteiger partial charge >= 0.3 is 0 Å². The van der Waals surface area contributed by atoms with Gasteiger partial charge in [0.05, 0.1) is 4.90 Å². The van der Waals surface area contributed by atoms with Crippen molar-refractivity contribution in [1.29, 1.82) is 0 Å². The summed E-state index contributed by atoms with van der Waals surface area (Å²) in [6.07, 6.45) is 0. The van der Waals surface area contributed by atoms with Crippen LogP contribution >= 0.6 is 0 Å². The molecule has 0 unspecified atom stereocenters. The highest BCUT2D eigenvalue weighted by Crippen LogP contribution is 2.15. The van der Waals surface area contributed by atoms with Gasteiger partial charge in [-0.25, -0.2) is 4.39 Å². The van der Waals surface area contributed by atoms with Crippen LogP contribution in [0.25, 0.3) is 11.0 Å². The monoisotopic (exact) mass is 277 g/mol. The van der Waals surface area contributed by atoms with Crippen LogP contribution < -0.4 is 0 Å². The van der Waals surface area contributed by atoms with E-state index in [-0.39, 0.29) is 4.90 Å². The molecule has 96 valence electrons. The summed E-state index contributed by atoms with van der Waals surface area (Å²) < 4.78 is 37.9. The second kappa shape index (κ2) is 4.13. The molecular weight excluding hydrogens is 269 g/mol. The van der Waals surface area contributed by atoms with Gasteiger partial charge in [0.25, 0.3) is 10.0 Å². The van der Waals surface area contributed by atoms with Gasteiger partial charge in [0.15, 0.2) is 0 Å². The molecular formula is C12H8FN3O2S. The van der Waals surface area contributed by atoms with Gasteiger partial charge in [-0.05, 0) is 36.4 Å². The number of nitrogens with zero attached hydrogens (tertiary/aromatic N) is 3. The second-order valence-electron chi connectivity index (χ2n) is 3.87. The topological polar surface area (TPSA) is 64.8 Å². The van der Waals surface area contributed by atoms with E-state index in [9.17, 15) is 12.8 Å². The smallest absolute Gasteiger partial charge is 0.207 e. The van der Waals surface area contributed by atoms with Crippen molar-refractivity contribution in [2.75, 3.05) is 0 Å². The summed E-state index contributed by atoms with van der Waals surface area (Å²) in [4.78, 5) is -0.0609. The number of hydrogen-bond donors (Lipinski definition) is 0. The lowest BCUT2D eigenvalue weighted by Crippen LogP contribution is -2.16. The Morgan fingerprint density at radius 2 is 1.42 bits per heavy atom. The van der Waals surface area contributed by atoms with Crippen molar-refractivity contribution in [3.8, 4) is 0 Å². The van der Waals surface area contributed by atoms with Crippen LogP contribution in [0.15, 0.2) is 53.4 Å². The minimum absolute atomic E-state index is 0.0609. The molecule has 3 aromatic rings. The fraction of sp³-hybridized carbons (Fsp3) is 0. The van der Waals surface area contributed by atoms with Crippen molar-refractivity contribution in [2.24, 2.45) is 0 Å². The third-order valence-corrected chi connectivity index (χ3v) is 4.06. The minimum Gasteiger partial charge on any atom is -0.207 e. The summed E-state index contributed by atoms with van der Waals surface area (Å²) in [5, 5.41) is 7.81. The zero-order valence-electron chi connectivity index (χ0n) is 9.56. The summed E-state index contributed by atoms with van der Waals surface area (Å²) in [6.45, 7) is 0. The molecule has 0 radical (unpaired) electrons. The first-order valence-electron chi connectivity index (χ1n) is 5.40. The van der Waals surface area contributed by atoms with Gasteiger partial charge in [-0.15, -0.1) is 10.2 Å². The fourth-order valence-electron chi connectivity index (χ4n) is 1.65. The third-order valence-electron chi connectivity index (χ3n) is 2.59. The van der Waals surface area contributed by atoms with Crippen LogP contribution in [0.3, 0.4) is 0 Å². The molecule has 0 saturated carbocycles. The summed E-state index contributed by atoms with van der Waals surface area (Å²) in [5.41, 5.74) is 0.960. The van der Waals surface area contributed by atoms with E-state index in [2.05, 4.69) is 10.2 Å². The van der Waals surface area contributed by atoms with Crippen LogP contribution in [-0.2, 0) is 10.0 Å². The summed E-state index contributed by atoms with van der Waals surface area (Å²) in [6, 6.07) is 11.3. The Labute approximate surface area is 108 Å². The molecule has 0 aliphatic heterocycles. The SMILES string of the molecule is O=S(=O)(c1ccc(F)cc1)n1nc2ccccc2n1. The second-order valence-corrected chi connectivity index (χ2v) is 5.62. The molecule has 1 aromatic heterocycles. The highest BCUT2D eigenvalue weighted by Gasteiger charge is 2.20. The predicted octanol–water partition coefficient (Wildman–Crippen LogP) is 1.81. The molecule has 7 heteroatoms. The first-order valence-corrected chi connectivity index (χ1v) is 6.85. The van der Waals surface area contributed by atoms with Crippen LogP contribution in [0, 0.1) is 5.82 Å². The summed E-state index contributed by atoms with van der Waals surface area (Å²) >= 11 is 0. The molecule has 2 aromatic carbocycles. The molecule has 0 amide bonds. The van der Waals surface area contributed by atoms with Crippen LogP contribution in [-0.4, -0.2) is 22.8 Å². The summed E-state index contributed by atoms with van der Waals surface area (Å²) in [7, 11) is -3.89. The van der Waals surface area contributed by atoms with E-state index in [1.54, 1.807) is 24.3 Å². The van der Waals surface area contributed by atoms with Crippen LogP contribution in [0.5, 0.6) is 0 Å². The van der Waals surface area contributed by atoms with Gasteiger partial charge in [-0.2, -0.15) is 8.42 Å². The highest BCUT2D eigenvalue weighted by molar-refractivity contribution is 7.89. The molecule has 0 spiro atoms. The largest absolute Gasteiger partial charge is 0.299 e. The minimum atomic E-state index is -3.89. The van der Waals surface area contributed by atoms with Gasteiger partial charge in [-0.1, -0.05) is 16.3 Å². The Kier molecular flexibility index (Phi) is 2.56. The van der Waals surface area contributed by atoms with Gasteiger partial charge < -0.3 is 0 Å². The summed E-state index contributed by atoms with van der Waals surface area (Å²) in [5.74, 6) is -0.502. The molecule has 0 aliphatic carbocycles. The van der Waals surface area contributed by atoms with Crippen LogP contribution in [0.1, 0.15) is 0 Å². The Hall–Kier alpha value is -2.28. The highest BCUT2D eigenvalue weighted by atomic mass is 32.2. The molecule has 0 atom stereocenters. The van der Waals surface area contributed by atoms with Crippen molar-refractivity contribution in [2.45, 2.75) is 4.90 Å². The van der Waals surface area contributed by atoms with Gasteiger partial charge in [0.2, 0.25) is 0 Å². The Morgan fingerprint density at radius 1 is 0.895 bits per heavy atom. The molecule has 5 nitrogen and oxygen atoms in total. The fourth-order valence-corrected chi connectivity index (χ4v) is 2.71. The number of fused-ring (bicyclic) bond motifs is 1. The van der Waals surface area contributed by atoms with E-state index in [4.69, 9.17) is 0 Å². The van der Waals surface area contributed by atoms with Gasteiger partial charge in [0.1, 0.15) is 16.9 Å². The average Bonchev–Trinajstić information content (AvgIpc) is 2.83. The zero-order valence-corrected chi connectivity index (χ0v) is 10.4. The van der Waals surface area contributed by atoms with Crippen molar-refractivity contribution in [1.82, 2.24) is 14.4 Å². The lowest BCUT2D eigenvalue weighted by atomic mass is 10.3. The number of rotatable bonds is 2. The van der Waals surface area contributed by atoms with Gasteiger partial charge in [0, 0.05) is 0 Å². The Bertz CT molecular complexity index is 808. The molecule has 0 saturated heterocycles. The van der Waals surface area contributed by atoms with E-state index < -0.39 is 15.8 Å². The van der Waals surface area contributed by atoms with E-state index in [0.29, 0.717) is 15.2 Å². The maximum atomic E-state index is 12.8. The lowest BCUT2D eigenvalue weighted by molar-refractivity contribution is 0.569. The zero-order chi connectivity index (χ0) is 13.5. The van der Waals surface area contributed by atoms with Crippen LogP contribution in [0.4, 0.5) is 4.39 Å². The molecule has 0 N–H and O–H groups in total. The maximum Gasteiger partial charge on any atom is 0.299 e. The molecule has 0 fully saturated rings. The van der Waals surface area contributed by atoms with E-state index in [1.807, 2.05) is 0 Å².